The number of rotatable bonds is 6. The van der Waals surface area contributed by atoms with Crippen molar-refractivity contribution in [2.24, 2.45) is 5.92 Å². The quantitative estimate of drug-likeness (QED) is 0.493. The van der Waals surface area contributed by atoms with Crippen molar-refractivity contribution in [3.63, 3.8) is 0 Å². The Balaban J connectivity index is 1.38. The summed E-state index contributed by atoms with van der Waals surface area (Å²) in [6, 6.07) is 17.4. The van der Waals surface area contributed by atoms with E-state index in [2.05, 4.69) is 32.8 Å². The molecule has 1 aliphatic carbocycles. The van der Waals surface area contributed by atoms with E-state index in [4.69, 9.17) is 0 Å². The molecule has 1 aromatic heterocycles. The molecule has 0 saturated heterocycles. The Labute approximate surface area is 187 Å². The van der Waals surface area contributed by atoms with E-state index >= 15 is 0 Å². The molecule has 1 saturated carbocycles. The largest absolute Gasteiger partial charge is 0.340 e. The van der Waals surface area contributed by atoms with Crippen molar-refractivity contribution in [1.82, 2.24) is 9.97 Å². The second-order valence-electron chi connectivity index (χ2n) is 8.21. The number of nitrogens with zero attached hydrogens (tertiary/aromatic N) is 2. The Kier molecular flexibility index (Phi) is 6.44. The van der Waals surface area contributed by atoms with E-state index in [1.54, 1.807) is 0 Å². The first kappa shape index (κ1) is 21.5. The van der Waals surface area contributed by atoms with Crippen LogP contribution in [0.2, 0.25) is 0 Å². The number of anilines is 5. The second kappa shape index (κ2) is 9.60. The van der Waals surface area contributed by atoms with Crippen LogP contribution in [0, 0.1) is 19.8 Å². The van der Waals surface area contributed by atoms with Gasteiger partial charge in [0.15, 0.2) is 0 Å². The average molecular weight is 430 g/mol. The predicted octanol–water partition coefficient (Wildman–Crippen LogP) is 5.28. The van der Waals surface area contributed by atoms with Gasteiger partial charge >= 0.3 is 0 Å². The van der Waals surface area contributed by atoms with E-state index in [-0.39, 0.29) is 17.6 Å². The molecule has 0 spiro atoms. The fraction of sp³-hybridized carbons (Fsp3) is 0.280. The van der Waals surface area contributed by atoms with Gasteiger partial charge in [-0.25, -0.2) is 4.98 Å². The zero-order valence-corrected chi connectivity index (χ0v) is 18.3. The first-order valence-corrected chi connectivity index (χ1v) is 10.8. The summed E-state index contributed by atoms with van der Waals surface area (Å²) < 4.78 is 0. The van der Waals surface area contributed by atoms with Crippen LogP contribution in [-0.2, 0) is 9.59 Å². The highest BCUT2D eigenvalue weighted by atomic mass is 16.2. The minimum atomic E-state index is -0.0920. The van der Waals surface area contributed by atoms with Crippen LogP contribution in [0.1, 0.15) is 36.9 Å². The highest BCUT2D eigenvalue weighted by molar-refractivity contribution is 5.94. The zero-order chi connectivity index (χ0) is 22.5. The van der Waals surface area contributed by atoms with Crippen LogP contribution in [0.15, 0.2) is 54.6 Å². The Bertz CT molecular complexity index is 1100. The van der Waals surface area contributed by atoms with Gasteiger partial charge in [0.2, 0.25) is 11.9 Å². The fourth-order valence-electron chi connectivity index (χ4n) is 3.69. The third-order valence-corrected chi connectivity index (χ3v) is 5.50. The minimum absolute atomic E-state index is 0.0213. The maximum atomic E-state index is 12.4. The van der Waals surface area contributed by atoms with Crippen LogP contribution in [0.3, 0.4) is 0 Å². The summed E-state index contributed by atoms with van der Waals surface area (Å²) in [4.78, 5) is 32.8. The van der Waals surface area contributed by atoms with Gasteiger partial charge in [0.1, 0.15) is 11.6 Å². The van der Waals surface area contributed by atoms with E-state index in [0.717, 1.165) is 22.8 Å². The van der Waals surface area contributed by atoms with Gasteiger partial charge in [-0.2, -0.15) is 4.98 Å². The Morgan fingerprint density at radius 3 is 2.12 bits per heavy atom. The van der Waals surface area contributed by atoms with Gasteiger partial charge < -0.3 is 16.0 Å². The van der Waals surface area contributed by atoms with Crippen LogP contribution in [0.4, 0.5) is 28.8 Å². The minimum Gasteiger partial charge on any atom is -0.340 e. The van der Waals surface area contributed by atoms with Crippen molar-refractivity contribution in [1.29, 1.82) is 0 Å². The molecule has 1 fully saturated rings. The molecule has 32 heavy (non-hydrogen) atoms. The molecule has 0 aliphatic heterocycles. The lowest BCUT2D eigenvalue weighted by Crippen LogP contribution is -2.27. The van der Waals surface area contributed by atoms with Crippen LogP contribution >= 0.6 is 0 Å². The molecule has 0 unspecified atom stereocenters. The molecule has 1 heterocycles. The third kappa shape index (κ3) is 5.69. The van der Waals surface area contributed by atoms with Crippen molar-refractivity contribution >= 4 is 40.5 Å². The van der Waals surface area contributed by atoms with Crippen molar-refractivity contribution in [3.05, 3.63) is 65.9 Å². The van der Waals surface area contributed by atoms with E-state index < -0.39 is 0 Å². The van der Waals surface area contributed by atoms with E-state index in [1.165, 1.54) is 5.56 Å². The highest BCUT2D eigenvalue weighted by Gasteiger charge is 2.24. The number of ketones is 1. The van der Waals surface area contributed by atoms with Gasteiger partial charge in [-0.1, -0.05) is 17.7 Å². The van der Waals surface area contributed by atoms with Crippen LogP contribution in [-0.4, -0.2) is 21.7 Å². The SMILES string of the molecule is Cc1ccc(Nc2cc(C)nc(Nc3ccc(NC(=O)C4CCC(=O)CC4)cc3)n2)cc1. The summed E-state index contributed by atoms with van der Waals surface area (Å²) >= 11 is 0. The molecule has 2 aromatic carbocycles. The van der Waals surface area contributed by atoms with Gasteiger partial charge in [-0.3, -0.25) is 9.59 Å². The molecule has 3 N–H and O–H groups in total. The lowest BCUT2D eigenvalue weighted by molar-refractivity contribution is -0.125. The molecule has 1 amide bonds. The predicted molar refractivity (Wildman–Crippen MR) is 127 cm³/mol. The smallest absolute Gasteiger partial charge is 0.229 e. The summed E-state index contributed by atoms with van der Waals surface area (Å²) in [6.07, 6.45) is 2.26. The molecule has 0 radical (unpaired) electrons. The van der Waals surface area contributed by atoms with Crippen LogP contribution in [0.25, 0.3) is 0 Å². The number of benzene rings is 2. The average Bonchev–Trinajstić information content (AvgIpc) is 2.77. The normalized spacial score (nSPS) is 14.1. The zero-order valence-electron chi connectivity index (χ0n) is 18.3. The molecule has 7 nitrogen and oxygen atoms in total. The van der Waals surface area contributed by atoms with Gasteiger partial charge in [-0.15, -0.1) is 0 Å². The van der Waals surface area contributed by atoms with Crippen molar-refractivity contribution in [2.75, 3.05) is 16.0 Å². The number of hydrogen-bond acceptors (Lipinski definition) is 6. The monoisotopic (exact) mass is 429 g/mol. The molecule has 3 aromatic rings. The van der Waals surface area contributed by atoms with E-state index in [9.17, 15) is 9.59 Å². The topological polar surface area (TPSA) is 96.0 Å². The molecule has 7 heteroatoms. The third-order valence-electron chi connectivity index (χ3n) is 5.50. The summed E-state index contributed by atoms with van der Waals surface area (Å²) in [5.41, 5.74) is 4.54. The Morgan fingerprint density at radius 1 is 0.844 bits per heavy atom. The maximum Gasteiger partial charge on any atom is 0.229 e. The molecule has 1 aliphatic rings. The van der Waals surface area contributed by atoms with Crippen molar-refractivity contribution < 1.29 is 9.59 Å². The van der Waals surface area contributed by atoms with Crippen LogP contribution < -0.4 is 16.0 Å². The standard InChI is InChI=1S/C25H27N5O2/c1-16-3-7-19(8-4-16)27-23-15-17(2)26-25(30-23)29-21-11-9-20(10-12-21)28-24(32)18-5-13-22(31)14-6-18/h3-4,7-12,15,18H,5-6,13-14H2,1-2H3,(H,28,32)(H2,26,27,29,30). The Hall–Kier alpha value is -3.74. The Morgan fingerprint density at radius 2 is 1.44 bits per heavy atom. The highest BCUT2D eigenvalue weighted by Crippen LogP contribution is 2.24. The van der Waals surface area contributed by atoms with Gasteiger partial charge in [0.25, 0.3) is 0 Å². The summed E-state index contributed by atoms with van der Waals surface area (Å²) in [5, 5.41) is 9.47. The number of aromatic nitrogens is 2. The second-order valence-corrected chi connectivity index (χ2v) is 8.21. The molecule has 0 bridgehead atoms. The first-order valence-electron chi connectivity index (χ1n) is 10.8. The number of carbonyl (C=O) groups excluding carboxylic acids is 2. The number of aryl methyl sites for hydroxylation is 2. The first-order chi connectivity index (χ1) is 15.4. The molecular weight excluding hydrogens is 402 g/mol. The van der Waals surface area contributed by atoms with Gasteiger partial charge in [-0.05, 0) is 63.1 Å². The number of amides is 1. The summed E-state index contributed by atoms with van der Waals surface area (Å²) in [6.45, 7) is 3.97. The van der Waals surface area contributed by atoms with Gasteiger partial charge in [0.05, 0.1) is 0 Å². The summed E-state index contributed by atoms with van der Waals surface area (Å²) in [7, 11) is 0. The summed E-state index contributed by atoms with van der Waals surface area (Å²) in [5.74, 6) is 1.33. The molecular formula is C25H27N5O2. The number of carbonyl (C=O) groups is 2. The molecule has 0 atom stereocenters. The van der Waals surface area contributed by atoms with Gasteiger partial charge in [0, 0.05) is 47.6 Å². The number of hydrogen-bond donors (Lipinski definition) is 3. The fourth-order valence-corrected chi connectivity index (χ4v) is 3.69. The van der Waals surface area contributed by atoms with E-state index in [0.29, 0.717) is 37.4 Å². The molecule has 4 rings (SSSR count). The van der Waals surface area contributed by atoms with Crippen molar-refractivity contribution in [2.45, 2.75) is 39.5 Å². The van der Waals surface area contributed by atoms with Crippen molar-refractivity contribution in [3.8, 4) is 0 Å². The lowest BCUT2D eigenvalue weighted by atomic mass is 9.88. The van der Waals surface area contributed by atoms with Crippen LogP contribution in [0.5, 0.6) is 0 Å². The van der Waals surface area contributed by atoms with E-state index in [1.807, 2.05) is 61.5 Å². The number of Topliss-reactive ketones (excluding diaryl/α,β-unsaturated/α-hetero) is 1. The number of nitrogens with one attached hydrogen (secondary N) is 3. The maximum absolute atomic E-state index is 12.4. The molecule has 164 valence electrons. The lowest BCUT2D eigenvalue weighted by Gasteiger charge is -2.20.